The molecule has 1 aliphatic rings. The molecule has 0 unspecified atom stereocenters. The third-order valence-corrected chi connectivity index (χ3v) is 7.90. The molecule has 0 aliphatic carbocycles. The maximum absolute atomic E-state index is 13.7. The van der Waals surface area contributed by atoms with Crippen molar-refractivity contribution < 1.29 is 37.8 Å². The van der Waals surface area contributed by atoms with Gasteiger partial charge < -0.3 is 9.55 Å². The van der Waals surface area contributed by atoms with Crippen LogP contribution >= 0.6 is 0 Å². The number of nitrogens with zero attached hydrogens (tertiary/aromatic N) is 2. The van der Waals surface area contributed by atoms with Gasteiger partial charge >= 0.3 is 26.3 Å². The molecule has 0 saturated carbocycles. The van der Waals surface area contributed by atoms with Gasteiger partial charge in [0.2, 0.25) is 0 Å². The molecule has 0 saturated heterocycles. The summed E-state index contributed by atoms with van der Waals surface area (Å²) in [7, 11) is 0. The molecule has 0 spiro atoms. The number of fused-ring (bicyclic) bond motifs is 3. The molecule has 0 N–H and O–H groups in total. The van der Waals surface area contributed by atoms with Crippen LogP contribution in [-0.4, -0.2) is 4.98 Å². The Bertz CT molecular complexity index is 1880. The van der Waals surface area contributed by atoms with Gasteiger partial charge in [0, 0.05) is 12.2 Å². The molecule has 5 aromatic rings. The minimum Gasteiger partial charge on any atom is -0.343 e. The fourth-order valence-electron chi connectivity index (χ4n) is 5.59. The summed E-state index contributed by atoms with van der Waals surface area (Å²) < 4.78 is 43.5. The van der Waals surface area contributed by atoms with Crippen molar-refractivity contribution in [3.8, 4) is 33.6 Å². The number of hydrogen-bond acceptors (Lipinski definition) is 1. The van der Waals surface area contributed by atoms with Crippen molar-refractivity contribution in [2.24, 2.45) is 0 Å². The Balaban J connectivity index is 0.000000228. The van der Waals surface area contributed by atoms with Crippen LogP contribution in [0.15, 0.2) is 135 Å². The van der Waals surface area contributed by atoms with Crippen molar-refractivity contribution in [2.75, 3.05) is 0 Å². The monoisotopic (exact) mass is 791 g/mol. The molecule has 6 heteroatoms. The van der Waals surface area contributed by atoms with E-state index >= 15 is 0 Å². The summed E-state index contributed by atoms with van der Waals surface area (Å²) >= 11 is 0. The van der Waals surface area contributed by atoms with E-state index in [1.54, 1.807) is 36.5 Å². The first-order chi connectivity index (χ1) is 21.6. The first kappa shape index (κ1) is 34.2. The summed E-state index contributed by atoms with van der Waals surface area (Å²) in [5, 5.41) is 0. The molecule has 0 fully saturated rings. The predicted octanol–water partition coefficient (Wildman–Crippen LogP) is 10.3. The smallest absolute Gasteiger partial charge is 0.343 e. The third kappa shape index (κ3) is 7.09. The van der Waals surface area contributed by atoms with Gasteiger partial charge in [0.05, 0.1) is 17.0 Å². The second kappa shape index (κ2) is 14.6. The van der Waals surface area contributed by atoms with E-state index in [0.717, 1.165) is 6.07 Å². The number of rotatable bonds is 5. The van der Waals surface area contributed by atoms with Crippen LogP contribution in [0.4, 0.5) is 13.2 Å². The first-order valence-electron chi connectivity index (χ1n) is 14.5. The minimum absolute atomic E-state index is 0. The van der Waals surface area contributed by atoms with Gasteiger partial charge in [-0.05, 0) is 48.4 Å². The molecule has 6 rings (SSSR count). The zero-order valence-electron chi connectivity index (χ0n) is 25.8. The fraction of sp³-hybridized carbons (Fsp3) is 0.100. The largest absolute Gasteiger partial charge is 3.00 e. The Hall–Kier alpha value is -4.64. The number of pyridine rings is 2. The van der Waals surface area contributed by atoms with E-state index in [-0.39, 0.29) is 25.7 Å². The average Bonchev–Trinajstić information content (AvgIpc) is 3.06. The van der Waals surface area contributed by atoms with Crippen LogP contribution in [0.3, 0.4) is 0 Å². The summed E-state index contributed by atoms with van der Waals surface area (Å²) in [4.78, 5) is 4.27. The van der Waals surface area contributed by atoms with Crippen LogP contribution in [0.2, 0.25) is 0 Å². The first-order valence-corrected chi connectivity index (χ1v) is 14.5. The number of halogens is 3. The number of alkyl halides is 3. The van der Waals surface area contributed by atoms with Crippen molar-refractivity contribution in [1.29, 1.82) is 0 Å². The Morgan fingerprint density at radius 2 is 1.63 bits per heavy atom. The van der Waals surface area contributed by atoms with E-state index in [9.17, 15) is 13.2 Å². The number of aryl methyl sites for hydroxylation is 1. The molecule has 0 radical (unpaired) electrons. The molecule has 1 aliphatic heterocycles. The standard InChI is InChI=1S/C24H17F3N.C16H16N.Ir/c1-3-8-17(4-2)21-13-12-19(16-22(21)24(25,26)27)18-9-7-10-20(15-18)23-11-5-6-14-28-23;1-11-7-6-10-16-15-9-5-4-8-14(15)12(2)13(3)17(11)16;/h3-9,11-16H,1-2H2;4-10H,1-3H3;/q2*-1;+3/b17-8+;;. The number of benzene rings is 3. The van der Waals surface area contributed by atoms with Crippen molar-refractivity contribution in [3.05, 3.63) is 175 Å². The normalized spacial score (nSPS) is 12.2. The molecule has 0 amide bonds. The zero-order valence-corrected chi connectivity index (χ0v) is 28.2. The second-order valence-electron chi connectivity index (χ2n) is 10.7. The van der Waals surface area contributed by atoms with Crippen LogP contribution in [0, 0.1) is 24.9 Å². The van der Waals surface area contributed by atoms with Gasteiger partial charge in [0.15, 0.2) is 0 Å². The zero-order chi connectivity index (χ0) is 32.1. The van der Waals surface area contributed by atoms with Gasteiger partial charge in [-0.2, -0.15) is 24.8 Å². The van der Waals surface area contributed by atoms with Crippen LogP contribution in [0.1, 0.15) is 36.2 Å². The van der Waals surface area contributed by atoms with Gasteiger partial charge in [-0.1, -0.05) is 86.8 Å². The van der Waals surface area contributed by atoms with E-state index in [0.29, 0.717) is 28.0 Å². The molecule has 2 nitrogen and oxygen atoms in total. The van der Waals surface area contributed by atoms with Crippen molar-refractivity contribution >= 4 is 5.57 Å². The SMILES string of the molecule is C=C/C=C(\C=C)c1ccc(-c2cc[c-]c(-c3ccccn3)c2)cc1C(F)(F)F.Cc1cccc2[n+]1[C-](C)[C-](C)c1ccccc1-2.[Ir+3]. The second-order valence-corrected chi connectivity index (χ2v) is 10.7. The molecular weight excluding hydrogens is 758 g/mol. The van der Waals surface area contributed by atoms with Gasteiger partial charge in [-0.25, -0.2) is 0 Å². The van der Waals surface area contributed by atoms with E-state index in [2.05, 4.69) is 92.0 Å². The van der Waals surface area contributed by atoms with Crippen LogP contribution < -0.4 is 4.57 Å². The Kier molecular flexibility index (Phi) is 10.9. The Morgan fingerprint density at radius 3 is 2.33 bits per heavy atom. The summed E-state index contributed by atoms with van der Waals surface area (Å²) in [5.41, 5.74) is 7.53. The maximum Gasteiger partial charge on any atom is 3.00 e. The topological polar surface area (TPSA) is 16.8 Å². The van der Waals surface area contributed by atoms with E-state index in [1.165, 1.54) is 58.8 Å². The maximum atomic E-state index is 13.7. The molecule has 0 bridgehead atoms. The van der Waals surface area contributed by atoms with Gasteiger partial charge in [0.1, 0.15) is 0 Å². The van der Waals surface area contributed by atoms with Gasteiger partial charge in [-0.15, -0.1) is 59.0 Å². The van der Waals surface area contributed by atoms with Crippen LogP contribution in [-0.2, 0) is 26.3 Å². The summed E-state index contributed by atoms with van der Waals surface area (Å²) in [5.74, 6) is 1.37. The van der Waals surface area contributed by atoms with Gasteiger partial charge in [-0.3, -0.25) is 0 Å². The van der Waals surface area contributed by atoms with E-state index in [4.69, 9.17) is 0 Å². The van der Waals surface area contributed by atoms with Crippen molar-refractivity contribution in [2.45, 2.75) is 26.9 Å². The van der Waals surface area contributed by atoms with Crippen molar-refractivity contribution in [3.63, 3.8) is 0 Å². The minimum atomic E-state index is -4.50. The summed E-state index contributed by atoms with van der Waals surface area (Å²) in [6, 6.07) is 34.5. The molecule has 46 heavy (non-hydrogen) atoms. The van der Waals surface area contributed by atoms with Crippen LogP contribution in [0.5, 0.6) is 0 Å². The molecule has 0 atom stereocenters. The molecule has 3 aromatic carbocycles. The summed E-state index contributed by atoms with van der Waals surface area (Å²) in [6.07, 6.45) is 1.50. The third-order valence-electron chi connectivity index (χ3n) is 7.90. The number of hydrogen-bond donors (Lipinski definition) is 0. The predicted molar refractivity (Wildman–Crippen MR) is 176 cm³/mol. The fourth-order valence-corrected chi connectivity index (χ4v) is 5.59. The molecular formula is C40H33F3IrN2+. The quantitative estimate of drug-likeness (QED) is 0.0985. The van der Waals surface area contributed by atoms with E-state index < -0.39 is 11.7 Å². The number of aromatic nitrogens is 2. The molecule has 3 heterocycles. The molecule has 232 valence electrons. The van der Waals surface area contributed by atoms with Crippen LogP contribution in [0.25, 0.3) is 39.2 Å². The Morgan fingerprint density at radius 1 is 0.891 bits per heavy atom. The number of allylic oxidation sites excluding steroid dienone is 4. The van der Waals surface area contributed by atoms with Crippen molar-refractivity contribution in [1.82, 2.24) is 4.98 Å². The van der Waals surface area contributed by atoms with E-state index in [1.807, 2.05) is 12.1 Å². The Labute approximate surface area is 283 Å². The molecule has 2 aromatic heterocycles. The summed E-state index contributed by atoms with van der Waals surface area (Å²) in [6.45, 7) is 13.7. The average molecular weight is 791 g/mol. The van der Waals surface area contributed by atoms with Gasteiger partial charge in [0.25, 0.3) is 0 Å².